The second kappa shape index (κ2) is 2.46. The highest BCUT2D eigenvalue weighted by molar-refractivity contribution is 5.03. The Bertz CT molecular complexity index is 167. The number of hydrogen-bond donors (Lipinski definition) is 1. The molecule has 1 spiro atoms. The Balaban J connectivity index is 1.90. The molecule has 2 saturated heterocycles. The van der Waals surface area contributed by atoms with E-state index in [1.165, 1.54) is 32.6 Å². The lowest BCUT2D eigenvalue weighted by atomic mass is 9.76. The summed E-state index contributed by atoms with van der Waals surface area (Å²) in [6.07, 6.45) is 1.39. The van der Waals surface area contributed by atoms with E-state index in [0.29, 0.717) is 11.0 Å². The van der Waals surface area contributed by atoms with E-state index in [0.717, 1.165) is 0 Å². The molecular formula is C10H20N2. The Morgan fingerprint density at radius 1 is 1.25 bits per heavy atom. The van der Waals surface area contributed by atoms with Crippen LogP contribution < -0.4 is 5.32 Å². The largest absolute Gasteiger partial charge is 0.316 e. The van der Waals surface area contributed by atoms with Crippen molar-refractivity contribution in [1.29, 1.82) is 0 Å². The van der Waals surface area contributed by atoms with E-state index in [4.69, 9.17) is 0 Å². The molecule has 0 aromatic heterocycles. The van der Waals surface area contributed by atoms with Crippen LogP contribution in [0, 0.1) is 5.41 Å². The van der Waals surface area contributed by atoms with Gasteiger partial charge >= 0.3 is 0 Å². The van der Waals surface area contributed by atoms with E-state index in [2.05, 4.69) is 31.0 Å². The zero-order valence-electron chi connectivity index (χ0n) is 8.48. The zero-order valence-corrected chi connectivity index (χ0v) is 8.48. The molecule has 0 radical (unpaired) electrons. The van der Waals surface area contributed by atoms with Crippen LogP contribution in [0.1, 0.15) is 27.2 Å². The molecule has 0 unspecified atom stereocenters. The van der Waals surface area contributed by atoms with E-state index in [9.17, 15) is 0 Å². The highest BCUT2D eigenvalue weighted by atomic mass is 15.3. The van der Waals surface area contributed by atoms with Crippen molar-refractivity contribution in [3.05, 3.63) is 0 Å². The van der Waals surface area contributed by atoms with Crippen LogP contribution in [-0.2, 0) is 0 Å². The molecule has 2 nitrogen and oxygen atoms in total. The summed E-state index contributed by atoms with van der Waals surface area (Å²) >= 11 is 0. The van der Waals surface area contributed by atoms with Gasteiger partial charge in [0.1, 0.15) is 0 Å². The third-order valence-electron chi connectivity index (χ3n) is 3.33. The van der Waals surface area contributed by atoms with Crippen molar-refractivity contribution in [2.75, 3.05) is 26.2 Å². The molecular weight excluding hydrogens is 148 g/mol. The van der Waals surface area contributed by atoms with Gasteiger partial charge in [0.15, 0.2) is 0 Å². The van der Waals surface area contributed by atoms with Gasteiger partial charge in [0, 0.05) is 30.6 Å². The minimum Gasteiger partial charge on any atom is -0.316 e. The van der Waals surface area contributed by atoms with E-state index >= 15 is 0 Å². The van der Waals surface area contributed by atoms with E-state index < -0.39 is 0 Å². The molecule has 2 fully saturated rings. The maximum Gasteiger partial charge on any atom is 0.0125 e. The van der Waals surface area contributed by atoms with Crippen LogP contribution >= 0.6 is 0 Å². The van der Waals surface area contributed by atoms with E-state index in [1.807, 2.05) is 0 Å². The molecule has 0 saturated carbocycles. The maximum atomic E-state index is 3.46. The summed E-state index contributed by atoms with van der Waals surface area (Å²) in [7, 11) is 0. The van der Waals surface area contributed by atoms with Crippen LogP contribution in [0.2, 0.25) is 0 Å². The first-order valence-corrected chi connectivity index (χ1v) is 4.98. The van der Waals surface area contributed by atoms with Crippen molar-refractivity contribution in [3.8, 4) is 0 Å². The summed E-state index contributed by atoms with van der Waals surface area (Å²) in [5.41, 5.74) is 1.04. The molecule has 2 aliphatic rings. The van der Waals surface area contributed by atoms with Gasteiger partial charge in [0.05, 0.1) is 0 Å². The Morgan fingerprint density at radius 2 is 1.92 bits per heavy atom. The van der Waals surface area contributed by atoms with Crippen molar-refractivity contribution in [1.82, 2.24) is 10.2 Å². The molecule has 0 aromatic carbocycles. The van der Waals surface area contributed by atoms with Gasteiger partial charge in [-0.05, 0) is 33.7 Å². The molecule has 0 aromatic rings. The minimum atomic E-state index is 0.383. The fourth-order valence-electron chi connectivity index (χ4n) is 2.30. The minimum absolute atomic E-state index is 0.383. The van der Waals surface area contributed by atoms with Crippen molar-refractivity contribution in [2.24, 2.45) is 5.41 Å². The van der Waals surface area contributed by atoms with Gasteiger partial charge in [-0.3, -0.25) is 4.90 Å². The van der Waals surface area contributed by atoms with Crippen LogP contribution in [0.15, 0.2) is 0 Å². The zero-order chi connectivity index (χ0) is 8.82. The number of likely N-dealkylation sites (tertiary alicyclic amines) is 1. The summed E-state index contributed by atoms with van der Waals surface area (Å²) in [6, 6.07) is 0. The lowest BCUT2D eigenvalue weighted by Crippen LogP contribution is -2.63. The van der Waals surface area contributed by atoms with Gasteiger partial charge in [-0.2, -0.15) is 0 Å². The monoisotopic (exact) mass is 168 g/mol. The third kappa shape index (κ3) is 1.27. The lowest BCUT2D eigenvalue weighted by molar-refractivity contribution is -0.0466. The summed E-state index contributed by atoms with van der Waals surface area (Å²) in [5.74, 6) is 0. The Labute approximate surface area is 75.3 Å². The van der Waals surface area contributed by atoms with E-state index in [-0.39, 0.29) is 0 Å². The summed E-state index contributed by atoms with van der Waals surface area (Å²) in [4.78, 5) is 2.58. The summed E-state index contributed by atoms with van der Waals surface area (Å²) < 4.78 is 0. The lowest BCUT2D eigenvalue weighted by Gasteiger charge is -2.54. The SMILES string of the molecule is CC(C)(C)N1CC2(CCNC2)C1. The first kappa shape index (κ1) is 8.52. The third-order valence-corrected chi connectivity index (χ3v) is 3.33. The van der Waals surface area contributed by atoms with Crippen LogP contribution in [0.3, 0.4) is 0 Å². The van der Waals surface area contributed by atoms with Crippen molar-refractivity contribution in [3.63, 3.8) is 0 Å². The molecule has 0 atom stereocenters. The molecule has 70 valence electrons. The topological polar surface area (TPSA) is 15.3 Å². The van der Waals surface area contributed by atoms with Crippen LogP contribution in [0.25, 0.3) is 0 Å². The fourth-order valence-corrected chi connectivity index (χ4v) is 2.30. The van der Waals surface area contributed by atoms with Crippen molar-refractivity contribution in [2.45, 2.75) is 32.7 Å². The van der Waals surface area contributed by atoms with E-state index in [1.54, 1.807) is 0 Å². The van der Waals surface area contributed by atoms with Gasteiger partial charge in [0.2, 0.25) is 0 Å². The van der Waals surface area contributed by atoms with Crippen molar-refractivity contribution >= 4 is 0 Å². The van der Waals surface area contributed by atoms with Crippen LogP contribution in [0.5, 0.6) is 0 Å². The van der Waals surface area contributed by atoms with Gasteiger partial charge in [0.25, 0.3) is 0 Å². The second-order valence-electron chi connectivity index (χ2n) is 5.45. The van der Waals surface area contributed by atoms with Crippen molar-refractivity contribution < 1.29 is 0 Å². The van der Waals surface area contributed by atoms with Crippen LogP contribution in [0.4, 0.5) is 0 Å². The Kier molecular flexibility index (Phi) is 1.74. The molecule has 2 rings (SSSR count). The highest BCUT2D eigenvalue weighted by Crippen LogP contribution is 2.39. The maximum absolute atomic E-state index is 3.46. The quantitative estimate of drug-likeness (QED) is 0.582. The Morgan fingerprint density at radius 3 is 2.33 bits per heavy atom. The molecule has 0 aliphatic carbocycles. The standard InChI is InChI=1S/C10H20N2/c1-9(2,3)12-7-10(8-12)4-5-11-6-10/h11H,4-8H2,1-3H3. The smallest absolute Gasteiger partial charge is 0.0125 e. The predicted molar refractivity (Wildman–Crippen MR) is 51.2 cm³/mol. The molecule has 12 heavy (non-hydrogen) atoms. The second-order valence-corrected chi connectivity index (χ2v) is 5.45. The molecule has 1 N–H and O–H groups in total. The molecule has 2 aliphatic heterocycles. The predicted octanol–water partition coefficient (Wildman–Crippen LogP) is 1.08. The number of nitrogens with zero attached hydrogens (tertiary/aromatic N) is 1. The number of rotatable bonds is 0. The summed E-state index contributed by atoms with van der Waals surface area (Å²) in [6.45, 7) is 12.0. The average Bonchev–Trinajstić information content (AvgIpc) is 2.27. The highest BCUT2D eigenvalue weighted by Gasteiger charge is 2.47. The van der Waals surface area contributed by atoms with Crippen LogP contribution in [-0.4, -0.2) is 36.6 Å². The number of nitrogens with one attached hydrogen (secondary N) is 1. The first-order chi connectivity index (χ1) is 5.52. The average molecular weight is 168 g/mol. The molecule has 0 amide bonds. The molecule has 0 bridgehead atoms. The van der Waals surface area contributed by atoms with Gasteiger partial charge < -0.3 is 5.32 Å². The molecule has 2 heterocycles. The number of hydrogen-bond acceptors (Lipinski definition) is 2. The van der Waals surface area contributed by atoms with Gasteiger partial charge in [-0.25, -0.2) is 0 Å². The first-order valence-electron chi connectivity index (χ1n) is 4.98. The van der Waals surface area contributed by atoms with Gasteiger partial charge in [-0.15, -0.1) is 0 Å². The molecule has 2 heteroatoms. The normalized spacial score (nSPS) is 29.2. The summed E-state index contributed by atoms with van der Waals surface area (Å²) in [5, 5.41) is 3.46. The fraction of sp³-hybridized carbons (Fsp3) is 1.00. The van der Waals surface area contributed by atoms with Gasteiger partial charge in [-0.1, -0.05) is 0 Å². The Hall–Kier alpha value is -0.0800.